The summed E-state index contributed by atoms with van der Waals surface area (Å²) in [6, 6.07) is 3.89. The van der Waals surface area contributed by atoms with Gasteiger partial charge in [0, 0.05) is 0 Å². The molecule has 0 spiro atoms. The first-order valence-corrected chi connectivity index (χ1v) is 6.67. The Kier molecular flexibility index (Phi) is 6.49. The largest absolute Gasteiger partial charge is 0.204 e. The summed E-state index contributed by atoms with van der Waals surface area (Å²) in [7, 11) is 0. The Morgan fingerprint density at radius 2 is 1.76 bits per heavy atom. The van der Waals surface area contributed by atoms with Crippen molar-refractivity contribution in [3.63, 3.8) is 0 Å². The summed E-state index contributed by atoms with van der Waals surface area (Å²) in [5, 5.41) is -0.216. The molecule has 0 N–H and O–H groups in total. The molecule has 0 aliphatic heterocycles. The molecule has 0 saturated heterocycles. The van der Waals surface area contributed by atoms with Gasteiger partial charge in [0.15, 0.2) is 11.6 Å². The Balaban J connectivity index is 2.36. The molecule has 0 bridgehead atoms. The van der Waals surface area contributed by atoms with Crippen LogP contribution in [0.15, 0.2) is 18.2 Å². The van der Waals surface area contributed by atoms with E-state index in [1.807, 2.05) is 0 Å². The van der Waals surface area contributed by atoms with E-state index in [0.29, 0.717) is 5.56 Å². The van der Waals surface area contributed by atoms with Crippen molar-refractivity contribution >= 4 is 11.6 Å². The Labute approximate surface area is 107 Å². The van der Waals surface area contributed by atoms with Crippen LogP contribution >= 0.6 is 11.6 Å². The number of alkyl halides is 1. The standard InChI is InChI=1S/C14H19ClF2/c1-2-3-4-5-6-7-12(15)11-8-9-13(16)14(17)10-11/h8-10,12H,2-7H2,1H3. The molecule has 17 heavy (non-hydrogen) atoms. The van der Waals surface area contributed by atoms with E-state index >= 15 is 0 Å². The van der Waals surface area contributed by atoms with Crippen LogP contribution in [0.2, 0.25) is 0 Å². The Hall–Kier alpha value is -0.630. The number of rotatable bonds is 7. The first-order chi connectivity index (χ1) is 8.15. The van der Waals surface area contributed by atoms with Gasteiger partial charge in [0.25, 0.3) is 0 Å². The molecule has 0 aliphatic carbocycles. The summed E-state index contributed by atoms with van der Waals surface area (Å²) in [6.45, 7) is 2.17. The van der Waals surface area contributed by atoms with E-state index in [9.17, 15) is 8.78 Å². The fourth-order valence-corrected chi connectivity index (χ4v) is 2.09. The lowest BCUT2D eigenvalue weighted by atomic mass is 10.0. The highest BCUT2D eigenvalue weighted by atomic mass is 35.5. The molecule has 1 atom stereocenters. The van der Waals surface area contributed by atoms with E-state index in [1.54, 1.807) is 6.07 Å². The average Bonchev–Trinajstić information content (AvgIpc) is 2.32. The topological polar surface area (TPSA) is 0 Å². The number of hydrogen-bond donors (Lipinski definition) is 0. The molecule has 1 aromatic rings. The molecule has 0 fully saturated rings. The van der Waals surface area contributed by atoms with Crippen molar-refractivity contribution in [1.82, 2.24) is 0 Å². The summed E-state index contributed by atoms with van der Waals surface area (Å²) in [5.41, 5.74) is 0.668. The maximum absolute atomic E-state index is 13.0. The summed E-state index contributed by atoms with van der Waals surface area (Å²) >= 11 is 6.15. The third-order valence-electron chi connectivity index (χ3n) is 2.87. The van der Waals surface area contributed by atoms with Gasteiger partial charge in [0.1, 0.15) is 0 Å². The van der Waals surface area contributed by atoms with E-state index < -0.39 is 11.6 Å². The van der Waals surface area contributed by atoms with Gasteiger partial charge in [-0.05, 0) is 24.1 Å². The van der Waals surface area contributed by atoms with Gasteiger partial charge in [-0.25, -0.2) is 8.78 Å². The third kappa shape index (κ3) is 5.03. The second kappa shape index (κ2) is 7.65. The molecule has 0 heterocycles. The number of benzene rings is 1. The first kappa shape index (κ1) is 14.4. The minimum absolute atomic E-state index is 0.216. The minimum Gasteiger partial charge on any atom is -0.204 e. The second-order valence-corrected chi connectivity index (χ2v) is 4.87. The van der Waals surface area contributed by atoms with Gasteiger partial charge in [-0.2, -0.15) is 0 Å². The van der Waals surface area contributed by atoms with Crippen molar-refractivity contribution in [2.24, 2.45) is 0 Å². The Morgan fingerprint density at radius 1 is 1.06 bits per heavy atom. The lowest BCUT2D eigenvalue weighted by molar-refractivity contribution is 0.506. The summed E-state index contributed by atoms with van der Waals surface area (Å²) in [6.07, 6.45) is 6.69. The van der Waals surface area contributed by atoms with Gasteiger partial charge in [-0.1, -0.05) is 45.1 Å². The van der Waals surface area contributed by atoms with Crippen LogP contribution in [0.4, 0.5) is 8.78 Å². The molecule has 0 saturated carbocycles. The quantitative estimate of drug-likeness (QED) is 0.442. The minimum atomic E-state index is -0.820. The molecule has 3 heteroatoms. The molecular weight excluding hydrogens is 242 g/mol. The maximum Gasteiger partial charge on any atom is 0.159 e. The molecular formula is C14H19ClF2. The smallest absolute Gasteiger partial charge is 0.159 e. The summed E-state index contributed by atoms with van der Waals surface area (Å²) < 4.78 is 25.7. The number of halogens is 3. The van der Waals surface area contributed by atoms with Crippen molar-refractivity contribution in [3.8, 4) is 0 Å². The molecule has 1 rings (SSSR count). The zero-order valence-corrected chi connectivity index (χ0v) is 10.9. The van der Waals surface area contributed by atoms with Gasteiger partial charge in [0.05, 0.1) is 5.38 Å². The zero-order valence-electron chi connectivity index (χ0n) is 10.2. The Bertz CT molecular complexity index is 339. The first-order valence-electron chi connectivity index (χ1n) is 6.24. The van der Waals surface area contributed by atoms with Crippen LogP contribution in [0.5, 0.6) is 0 Å². The predicted octanol–water partition coefficient (Wildman–Crippen LogP) is 5.61. The third-order valence-corrected chi connectivity index (χ3v) is 3.34. The molecule has 0 amide bonds. The normalized spacial score (nSPS) is 12.7. The van der Waals surface area contributed by atoms with Crippen LogP contribution < -0.4 is 0 Å². The number of unbranched alkanes of at least 4 members (excludes halogenated alkanes) is 4. The molecule has 0 nitrogen and oxygen atoms in total. The van der Waals surface area contributed by atoms with Crippen molar-refractivity contribution in [1.29, 1.82) is 0 Å². The molecule has 1 aromatic carbocycles. The monoisotopic (exact) mass is 260 g/mol. The van der Waals surface area contributed by atoms with Crippen LogP contribution in [0.25, 0.3) is 0 Å². The fraction of sp³-hybridized carbons (Fsp3) is 0.571. The van der Waals surface area contributed by atoms with Crippen LogP contribution in [0.3, 0.4) is 0 Å². The molecule has 0 aliphatic rings. The average molecular weight is 261 g/mol. The maximum atomic E-state index is 13.0. The highest BCUT2D eigenvalue weighted by molar-refractivity contribution is 6.20. The molecule has 0 radical (unpaired) electrons. The van der Waals surface area contributed by atoms with Gasteiger partial charge in [-0.15, -0.1) is 11.6 Å². The molecule has 1 unspecified atom stereocenters. The van der Waals surface area contributed by atoms with Gasteiger partial charge < -0.3 is 0 Å². The summed E-state index contributed by atoms with van der Waals surface area (Å²) in [4.78, 5) is 0. The lowest BCUT2D eigenvalue weighted by Gasteiger charge is -2.10. The van der Waals surface area contributed by atoms with Crippen molar-refractivity contribution in [2.45, 2.75) is 50.8 Å². The van der Waals surface area contributed by atoms with Crippen LogP contribution in [-0.4, -0.2) is 0 Å². The van der Waals surface area contributed by atoms with E-state index in [4.69, 9.17) is 11.6 Å². The van der Waals surface area contributed by atoms with E-state index in [-0.39, 0.29) is 5.38 Å². The van der Waals surface area contributed by atoms with Crippen LogP contribution in [0.1, 0.15) is 56.4 Å². The van der Waals surface area contributed by atoms with E-state index in [2.05, 4.69) is 6.92 Å². The summed E-state index contributed by atoms with van der Waals surface area (Å²) in [5.74, 6) is -1.64. The van der Waals surface area contributed by atoms with Crippen molar-refractivity contribution < 1.29 is 8.78 Å². The van der Waals surface area contributed by atoms with Gasteiger partial charge >= 0.3 is 0 Å². The fourth-order valence-electron chi connectivity index (χ4n) is 1.80. The highest BCUT2D eigenvalue weighted by Crippen LogP contribution is 2.27. The van der Waals surface area contributed by atoms with Gasteiger partial charge in [0.2, 0.25) is 0 Å². The Morgan fingerprint density at radius 3 is 2.41 bits per heavy atom. The van der Waals surface area contributed by atoms with Crippen LogP contribution in [-0.2, 0) is 0 Å². The predicted molar refractivity (Wildman–Crippen MR) is 68.3 cm³/mol. The second-order valence-electron chi connectivity index (χ2n) is 4.34. The van der Waals surface area contributed by atoms with Crippen molar-refractivity contribution in [3.05, 3.63) is 35.4 Å². The number of hydrogen-bond acceptors (Lipinski definition) is 0. The lowest BCUT2D eigenvalue weighted by Crippen LogP contribution is -1.94. The van der Waals surface area contributed by atoms with Crippen LogP contribution in [0, 0.1) is 11.6 Å². The van der Waals surface area contributed by atoms with Gasteiger partial charge in [-0.3, -0.25) is 0 Å². The highest BCUT2D eigenvalue weighted by Gasteiger charge is 2.10. The van der Waals surface area contributed by atoms with E-state index in [1.165, 1.54) is 25.3 Å². The molecule has 96 valence electrons. The molecule has 0 aromatic heterocycles. The zero-order chi connectivity index (χ0) is 12.7. The SMILES string of the molecule is CCCCCCCC(Cl)c1ccc(F)c(F)c1. The van der Waals surface area contributed by atoms with Crippen molar-refractivity contribution in [2.75, 3.05) is 0 Å². The van der Waals surface area contributed by atoms with E-state index in [0.717, 1.165) is 25.3 Å².